The van der Waals surface area contributed by atoms with Crippen molar-refractivity contribution in [3.05, 3.63) is 83.2 Å². The highest BCUT2D eigenvalue weighted by Gasteiger charge is 2.40. The first kappa shape index (κ1) is 20.4. The topological polar surface area (TPSA) is 46.9 Å². The second-order valence-electron chi connectivity index (χ2n) is 6.03. The third-order valence-electron chi connectivity index (χ3n) is 4.02. The summed E-state index contributed by atoms with van der Waals surface area (Å²) >= 11 is 0. The number of amides is 1. The van der Waals surface area contributed by atoms with E-state index in [1.165, 1.54) is 0 Å². The molecule has 0 aliphatic carbocycles. The lowest BCUT2D eigenvalue weighted by Crippen LogP contribution is -2.26. The summed E-state index contributed by atoms with van der Waals surface area (Å²) in [6.07, 6.45) is -8.85. The molecule has 1 amide bonds. The number of rotatable bonds is 4. The molecule has 29 heavy (non-hydrogen) atoms. The molecule has 0 atom stereocenters. The second-order valence-corrected chi connectivity index (χ2v) is 6.03. The molecule has 10 heteroatoms. The predicted octanol–water partition coefficient (Wildman–Crippen LogP) is 4.84. The van der Waals surface area contributed by atoms with Crippen LogP contribution in [0.4, 0.5) is 26.3 Å². The van der Waals surface area contributed by atoms with E-state index in [2.05, 4.69) is 10.4 Å². The molecule has 3 rings (SSSR count). The number of alkyl halides is 6. The first-order valence-electron chi connectivity index (χ1n) is 8.22. The van der Waals surface area contributed by atoms with Crippen LogP contribution in [-0.2, 0) is 18.9 Å². The number of carbonyl (C=O) groups is 1. The summed E-state index contributed by atoms with van der Waals surface area (Å²) < 4.78 is 79.2. The Balaban J connectivity index is 1.92. The highest BCUT2D eigenvalue weighted by molar-refractivity contribution is 5.95. The fraction of sp³-hybridized carbons (Fsp3) is 0.158. The van der Waals surface area contributed by atoms with Crippen molar-refractivity contribution >= 4 is 5.91 Å². The Morgan fingerprint density at radius 3 is 2.07 bits per heavy atom. The smallest absolute Gasteiger partial charge is 0.348 e. The van der Waals surface area contributed by atoms with E-state index in [0.29, 0.717) is 22.4 Å². The van der Waals surface area contributed by atoms with Crippen molar-refractivity contribution in [2.75, 3.05) is 0 Å². The van der Waals surface area contributed by atoms with Gasteiger partial charge in [0.25, 0.3) is 5.91 Å². The van der Waals surface area contributed by atoms with E-state index >= 15 is 0 Å². The number of benzene rings is 2. The fourth-order valence-electron chi connectivity index (χ4n) is 2.65. The van der Waals surface area contributed by atoms with Crippen LogP contribution in [0.3, 0.4) is 0 Å². The van der Waals surface area contributed by atoms with Crippen LogP contribution in [0, 0.1) is 0 Å². The maximum Gasteiger partial charge on any atom is 0.434 e. The average molecular weight is 413 g/mol. The van der Waals surface area contributed by atoms with E-state index in [1.807, 2.05) is 0 Å². The van der Waals surface area contributed by atoms with E-state index in [1.54, 1.807) is 30.3 Å². The molecule has 0 fully saturated rings. The zero-order chi connectivity index (χ0) is 21.2. The van der Waals surface area contributed by atoms with Crippen molar-refractivity contribution < 1.29 is 31.1 Å². The highest BCUT2D eigenvalue weighted by atomic mass is 19.4. The summed E-state index contributed by atoms with van der Waals surface area (Å²) in [5.41, 5.74) is -2.68. The molecule has 1 N–H and O–H groups in total. The quantitative estimate of drug-likeness (QED) is 0.623. The molecule has 4 nitrogen and oxygen atoms in total. The van der Waals surface area contributed by atoms with Gasteiger partial charge in [-0.1, -0.05) is 30.3 Å². The number of hydrogen-bond donors (Lipinski definition) is 1. The van der Waals surface area contributed by atoms with Crippen LogP contribution in [0.2, 0.25) is 0 Å². The molecule has 0 aliphatic heterocycles. The molecule has 0 bridgehead atoms. The van der Waals surface area contributed by atoms with Crippen LogP contribution in [0.25, 0.3) is 5.69 Å². The van der Waals surface area contributed by atoms with Crippen LogP contribution < -0.4 is 5.32 Å². The zero-order valence-electron chi connectivity index (χ0n) is 14.6. The molecule has 0 spiro atoms. The Labute approximate surface area is 160 Å². The van der Waals surface area contributed by atoms with Crippen LogP contribution in [0.1, 0.15) is 27.2 Å². The van der Waals surface area contributed by atoms with Gasteiger partial charge in [-0.15, -0.1) is 0 Å². The van der Waals surface area contributed by atoms with Crippen molar-refractivity contribution in [3.63, 3.8) is 0 Å². The molecule has 0 saturated heterocycles. The third kappa shape index (κ3) is 4.58. The number of halogens is 6. The lowest BCUT2D eigenvalue weighted by Gasteiger charge is -2.14. The Kier molecular flexibility index (Phi) is 5.36. The van der Waals surface area contributed by atoms with E-state index in [0.717, 1.165) is 18.3 Å². The molecule has 1 heterocycles. The summed E-state index contributed by atoms with van der Waals surface area (Å²) in [6.45, 7) is 0.00241. The summed E-state index contributed by atoms with van der Waals surface area (Å²) in [5.74, 6) is -1.00. The standard InChI is InChI=1S/C19H13F6N3O/c20-18(21,22)13-6-8-14(9-7-13)28-16(19(23,24)25)15(11-27-28)17(29)26-10-12-4-2-1-3-5-12/h1-9,11H,10H2,(H,26,29). The minimum Gasteiger partial charge on any atom is -0.348 e. The van der Waals surface area contributed by atoms with E-state index in [9.17, 15) is 31.1 Å². The van der Waals surface area contributed by atoms with Gasteiger partial charge >= 0.3 is 12.4 Å². The van der Waals surface area contributed by atoms with Gasteiger partial charge in [-0.3, -0.25) is 4.79 Å². The lowest BCUT2D eigenvalue weighted by atomic mass is 10.1. The predicted molar refractivity (Wildman–Crippen MR) is 91.2 cm³/mol. The summed E-state index contributed by atoms with van der Waals surface area (Å²) in [7, 11) is 0. The molecule has 2 aromatic carbocycles. The number of nitrogens with one attached hydrogen (secondary N) is 1. The van der Waals surface area contributed by atoms with Gasteiger partial charge in [0.05, 0.1) is 23.0 Å². The maximum atomic E-state index is 13.6. The lowest BCUT2D eigenvalue weighted by molar-refractivity contribution is -0.143. The second kappa shape index (κ2) is 7.61. The molecular formula is C19H13F6N3O. The summed E-state index contributed by atoms with van der Waals surface area (Å²) in [4.78, 5) is 12.3. The minimum absolute atomic E-state index is 0.00241. The Morgan fingerprint density at radius 2 is 1.52 bits per heavy atom. The van der Waals surface area contributed by atoms with E-state index < -0.39 is 35.1 Å². The normalized spacial score (nSPS) is 12.1. The van der Waals surface area contributed by atoms with Crippen molar-refractivity contribution in [2.45, 2.75) is 18.9 Å². The van der Waals surface area contributed by atoms with E-state index in [4.69, 9.17) is 0 Å². The molecule has 0 saturated carbocycles. The van der Waals surface area contributed by atoms with Gasteiger partial charge < -0.3 is 5.32 Å². The average Bonchev–Trinajstić information content (AvgIpc) is 3.12. The van der Waals surface area contributed by atoms with Gasteiger partial charge in [0.2, 0.25) is 0 Å². The molecule has 3 aromatic rings. The molecule has 152 valence electrons. The highest BCUT2D eigenvalue weighted by Crippen LogP contribution is 2.35. The van der Waals surface area contributed by atoms with Crippen molar-refractivity contribution in [1.82, 2.24) is 15.1 Å². The molecule has 0 unspecified atom stereocenters. The maximum absolute atomic E-state index is 13.6. The van der Waals surface area contributed by atoms with Crippen LogP contribution in [0.15, 0.2) is 60.8 Å². The first-order chi connectivity index (χ1) is 13.6. The van der Waals surface area contributed by atoms with Crippen molar-refractivity contribution in [3.8, 4) is 5.69 Å². The van der Waals surface area contributed by atoms with Crippen molar-refractivity contribution in [2.24, 2.45) is 0 Å². The van der Waals surface area contributed by atoms with Crippen molar-refractivity contribution in [1.29, 1.82) is 0 Å². The number of hydrogen-bond acceptors (Lipinski definition) is 2. The Bertz CT molecular complexity index is 992. The Hall–Kier alpha value is -3.30. The van der Waals surface area contributed by atoms with Gasteiger partial charge in [0, 0.05) is 6.54 Å². The minimum atomic E-state index is -4.96. The van der Waals surface area contributed by atoms with Gasteiger partial charge in [-0.05, 0) is 29.8 Å². The Morgan fingerprint density at radius 1 is 0.897 bits per heavy atom. The zero-order valence-corrected chi connectivity index (χ0v) is 14.6. The molecule has 0 aliphatic rings. The van der Waals surface area contributed by atoms with E-state index in [-0.39, 0.29) is 12.2 Å². The van der Waals surface area contributed by atoms with Gasteiger partial charge in [-0.25, -0.2) is 4.68 Å². The molecule has 0 radical (unpaired) electrons. The summed E-state index contributed by atoms with van der Waals surface area (Å²) in [6, 6.07) is 11.6. The molecular weight excluding hydrogens is 400 g/mol. The van der Waals surface area contributed by atoms with Gasteiger partial charge in [0.15, 0.2) is 5.69 Å². The monoisotopic (exact) mass is 413 g/mol. The van der Waals surface area contributed by atoms with Gasteiger partial charge in [-0.2, -0.15) is 31.4 Å². The van der Waals surface area contributed by atoms with Crippen LogP contribution in [0.5, 0.6) is 0 Å². The third-order valence-corrected chi connectivity index (χ3v) is 4.02. The number of aromatic nitrogens is 2. The largest absolute Gasteiger partial charge is 0.434 e. The SMILES string of the molecule is O=C(NCc1ccccc1)c1cnn(-c2ccc(C(F)(F)F)cc2)c1C(F)(F)F. The van der Waals surface area contributed by atoms with Crippen LogP contribution in [-0.4, -0.2) is 15.7 Å². The number of carbonyl (C=O) groups excluding carboxylic acids is 1. The first-order valence-corrected chi connectivity index (χ1v) is 8.22. The van der Waals surface area contributed by atoms with Gasteiger partial charge in [0.1, 0.15) is 0 Å². The fourth-order valence-corrected chi connectivity index (χ4v) is 2.65. The van der Waals surface area contributed by atoms with Crippen LogP contribution >= 0.6 is 0 Å². The molecule has 1 aromatic heterocycles. The summed E-state index contributed by atoms with van der Waals surface area (Å²) in [5, 5.41) is 5.96. The number of nitrogens with zero attached hydrogens (tertiary/aromatic N) is 2.